The molecule has 0 saturated heterocycles. The molecule has 0 atom stereocenters. The third-order valence-corrected chi connectivity index (χ3v) is 3.04. The minimum absolute atomic E-state index is 0.143. The molecule has 0 fully saturated rings. The third kappa shape index (κ3) is 3.08. The van der Waals surface area contributed by atoms with E-state index in [1.165, 1.54) is 12.1 Å². The second-order valence-electron chi connectivity index (χ2n) is 4.35. The zero-order chi connectivity index (χ0) is 16.3. The predicted molar refractivity (Wildman–Crippen MR) is 71.7 cm³/mol. The lowest BCUT2D eigenvalue weighted by Gasteiger charge is -2.27. The lowest BCUT2D eigenvalue weighted by atomic mass is 10.2. The van der Waals surface area contributed by atoms with E-state index in [-0.39, 0.29) is 24.5 Å². The lowest BCUT2D eigenvalue weighted by molar-refractivity contribution is -0.384. The number of carbonyl (C=O) groups excluding carboxylic acids is 3. The molecule has 0 aliphatic carbocycles. The molecule has 0 unspecified atom stereocenters. The summed E-state index contributed by atoms with van der Waals surface area (Å²) in [4.78, 5) is 45.6. The first-order valence-corrected chi connectivity index (χ1v) is 6.16. The maximum atomic E-state index is 11.4. The van der Waals surface area contributed by atoms with Crippen molar-refractivity contribution in [1.29, 1.82) is 0 Å². The van der Waals surface area contributed by atoms with Gasteiger partial charge in [-0.2, -0.15) is 0 Å². The quantitative estimate of drug-likeness (QED) is 0.417. The van der Waals surface area contributed by atoms with Gasteiger partial charge < -0.3 is 14.8 Å². The van der Waals surface area contributed by atoms with Crippen molar-refractivity contribution < 1.29 is 24.4 Å². The van der Waals surface area contributed by atoms with E-state index in [1.807, 2.05) is 0 Å². The van der Waals surface area contributed by atoms with Gasteiger partial charge in [-0.1, -0.05) is 0 Å². The largest absolute Gasteiger partial charge is 0.530 e. The molecule has 0 N–H and O–H groups in total. The molecule has 9 heteroatoms. The maximum Gasteiger partial charge on any atom is 0.269 e. The van der Waals surface area contributed by atoms with Crippen molar-refractivity contribution >= 4 is 29.3 Å². The maximum absolute atomic E-state index is 11.4. The molecule has 0 saturated carbocycles. The Balaban J connectivity index is 2.10. The van der Waals surface area contributed by atoms with E-state index in [0.717, 1.165) is 34.1 Å². The van der Waals surface area contributed by atoms with Crippen molar-refractivity contribution in [2.24, 2.45) is 0 Å². The number of nitro groups is 1. The van der Waals surface area contributed by atoms with Crippen molar-refractivity contribution in [3.05, 3.63) is 46.5 Å². The van der Waals surface area contributed by atoms with Crippen LogP contribution in [0.2, 0.25) is 0 Å². The van der Waals surface area contributed by atoms with Crippen LogP contribution in [0.1, 0.15) is 0 Å². The molecule has 1 aromatic carbocycles. The number of amides is 3. The molecule has 0 bridgehead atoms. The number of hydrogen-bond acceptors (Lipinski definition) is 6. The number of benzene rings is 1. The number of rotatable bonds is 5. The number of nitrogens with zero attached hydrogens (tertiary/aromatic N) is 3. The molecule has 9 nitrogen and oxygen atoms in total. The summed E-state index contributed by atoms with van der Waals surface area (Å²) in [6, 6.07) is 4.80. The fourth-order valence-electron chi connectivity index (χ4n) is 1.93. The Hall–Kier alpha value is -3.23. The van der Waals surface area contributed by atoms with Crippen LogP contribution in [0, 0.1) is 10.1 Å². The predicted octanol–water partition coefficient (Wildman–Crippen LogP) is -0.330. The number of imide groups is 1. The topological polar surface area (TPSA) is 124 Å². The van der Waals surface area contributed by atoms with Gasteiger partial charge in [0.2, 0.25) is 0 Å². The molecule has 1 aliphatic rings. The highest BCUT2D eigenvalue weighted by Gasteiger charge is 2.24. The van der Waals surface area contributed by atoms with E-state index in [1.54, 1.807) is 0 Å². The van der Waals surface area contributed by atoms with E-state index in [9.17, 15) is 29.6 Å². The van der Waals surface area contributed by atoms with Crippen LogP contribution in [0.3, 0.4) is 0 Å². The summed E-state index contributed by atoms with van der Waals surface area (Å²) in [5.74, 6) is -1.04. The van der Waals surface area contributed by atoms with Gasteiger partial charge in [0, 0.05) is 43.1 Å². The Morgan fingerprint density at radius 2 is 1.68 bits per heavy atom. The molecular weight excluding hydrogens is 294 g/mol. The lowest BCUT2D eigenvalue weighted by Crippen LogP contribution is -2.46. The number of non-ortho nitro benzene ring substituents is 1. The summed E-state index contributed by atoms with van der Waals surface area (Å²) in [6.07, 6.45) is 0.649. The molecule has 3 amide bonds. The second-order valence-corrected chi connectivity index (χ2v) is 4.35. The molecule has 1 aliphatic heterocycles. The Morgan fingerprint density at radius 1 is 1.14 bits per heavy atom. The van der Waals surface area contributed by atoms with Gasteiger partial charge in [0.05, 0.1) is 4.92 Å². The van der Waals surface area contributed by atoms with Crippen molar-refractivity contribution in [3.63, 3.8) is 0 Å². The number of hydrogen-bond donors (Lipinski definition) is 0. The minimum Gasteiger partial charge on any atom is -0.530 e. The molecule has 22 heavy (non-hydrogen) atoms. The normalized spacial score (nSPS) is 13.5. The molecular formula is C13H10N3O6-. The van der Waals surface area contributed by atoms with Crippen molar-refractivity contribution in [1.82, 2.24) is 4.90 Å². The zero-order valence-corrected chi connectivity index (χ0v) is 11.2. The van der Waals surface area contributed by atoms with Gasteiger partial charge >= 0.3 is 0 Å². The van der Waals surface area contributed by atoms with E-state index in [0.29, 0.717) is 0 Å². The van der Waals surface area contributed by atoms with Crippen LogP contribution in [-0.2, 0) is 9.59 Å². The zero-order valence-electron chi connectivity index (χ0n) is 11.2. The average Bonchev–Trinajstić information content (AvgIpc) is 2.79. The van der Waals surface area contributed by atoms with Gasteiger partial charge in [0.1, 0.15) is 6.09 Å². The fourth-order valence-corrected chi connectivity index (χ4v) is 1.93. The van der Waals surface area contributed by atoms with Crippen molar-refractivity contribution in [2.75, 3.05) is 18.0 Å². The van der Waals surface area contributed by atoms with E-state index in [4.69, 9.17) is 0 Å². The summed E-state index contributed by atoms with van der Waals surface area (Å²) in [5, 5.41) is 21.7. The minimum atomic E-state index is -1.54. The first kappa shape index (κ1) is 15.2. The molecule has 2 rings (SSSR count). The molecule has 1 heterocycles. The van der Waals surface area contributed by atoms with Crippen molar-refractivity contribution in [3.8, 4) is 0 Å². The molecule has 114 valence electrons. The van der Waals surface area contributed by atoms with Crippen LogP contribution in [0.4, 0.5) is 16.2 Å². The standard InChI is InChI=1S/C13H11N3O6/c17-11-5-6-12(18)15(11)8-7-14(13(19)20)9-1-3-10(4-2-9)16(21)22/h1-6H,7-8H2,(H,19,20)/p-1. The number of carbonyl (C=O) groups is 3. The van der Waals surface area contributed by atoms with Gasteiger partial charge in [-0.3, -0.25) is 24.6 Å². The summed E-state index contributed by atoms with van der Waals surface area (Å²) in [6.45, 7) is -0.338. The van der Waals surface area contributed by atoms with Crippen LogP contribution in [0.15, 0.2) is 36.4 Å². The first-order chi connectivity index (χ1) is 10.4. The van der Waals surface area contributed by atoms with Crippen LogP contribution in [-0.4, -0.2) is 40.8 Å². The molecule has 1 aromatic rings. The SMILES string of the molecule is O=C1C=CC(=O)N1CCN(C(=O)[O-])c1ccc([N+](=O)[O-])cc1. The molecule has 0 radical (unpaired) electrons. The highest BCUT2D eigenvalue weighted by Crippen LogP contribution is 2.19. The Labute approximate surface area is 124 Å². The number of anilines is 1. The van der Waals surface area contributed by atoms with Crippen molar-refractivity contribution in [2.45, 2.75) is 0 Å². The fraction of sp³-hybridized carbons (Fsp3) is 0.154. The summed E-state index contributed by atoms with van der Waals surface area (Å²) in [5.41, 5.74) is -0.0335. The molecule has 0 spiro atoms. The number of nitro benzene ring substituents is 1. The smallest absolute Gasteiger partial charge is 0.269 e. The van der Waals surface area contributed by atoms with Gasteiger partial charge in [-0.05, 0) is 12.1 Å². The van der Waals surface area contributed by atoms with Crippen LogP contribution >= 0.6 is 0 Å². The van der Waals surface area contributed by atoms with E-state index >= 15 is 0 Å². The van der Waals surface area contributed by atoms with Gasteiger partial charge in [-0.25, -0.2) is 0 Å². The molecule has 0 aromatic heterocycles. The Bertz CT molecular complexity index is 649. The monoisotopic (exact) mass is 304 g/mol. The highest BCUT2D eigenvalue weighted by molar-refractivity contribution is 6.12. The third-order valence-electron chi connectivity index (χ3n) is 3.04. The average molecular weight is 304 g/mol. The van der Waals surface area contributed by atoms with Gasteiger partial charge in [0.25, 0.3) is 17.5 Å². The van der Waals surface area contributed by atoms with Gasteiger partial charge in [-0.15, -0.1) is 0 Å². The van der Waals surface area contributed by atoms with Crippen LogP contribution in [0.5, 0.6) is 0 Å². The second kappa shape index (κ2) is 6.04. The summed E-state index contributed by atoms with van der Waals surface area (Å²) < 4.78 is 0. The number of carboxylic acid groups (broad SMARTS) is 1. The summed E-state index contributed by atoms with van der Waals surface area (Å²) >= 11 is 0. The first-order valence-electron chi connectivity index (χ1n) is 6.16. The Morgan fingerprint density at radius 3 is 2.14 bits per heavy atom. The van der Waals surface area contributed by atoms with E-state index < -0.39 is 22.8 Å². The van der Waals surface area contributed by atoms with E-state index in [2.05, 4.69) is 0 Å². The highest BCUT2D eigenvalue weighted by atomic mass is 16.6. The van der Waals surface area contributed by atoms with Gasteiger partial charge in [0.15, 0.2) is 0 Å². The van der Waals surface area contributed by atoms with Crippen LogP contribution in [0.25, 0.3) is 0 Å². The Kier molecular flexibility index (Phi) is 4.16. The summed E-state index contributed by atoms with van der Waals surface area (Å²) in [7, 11) is 0. The van der Waals surface area contributed by atoms with Crippen LogP contribution < -0.4 is 10.0 Å².